The Labute approximate surface area is 128 Å². The molecule has 0 radical (unpaired) electrons. The van der Waals surface area contributed by atoms with Gasteiger partial charge in [-0.1, -0.05) is 12.8 Å². The van der Waals surface area contributed by atoms with Gasteiger partial charge in [-0.15, -0.1) is 0 Å². The predicted molar refractivity (Wildman–Crippen MR) is 85.2 cm³/mol. The first-order valence-electron chi connectivity index (χ1n) is 7.17. The SMILES string of the molecule is CCn1ncc(NCC2(N(C)C)CCCC2)c(Br)c1=O. The van der Waals surface area contributed by atoms with Crippen LogP contribution in [0.4, 0.5) is 5.69 Å². The number of rotatable bonds is 5. The first-order chi connectivity index (χ1) is 9.50. The van der Waals surface area contributed by atoms with Crippen molar-refractivity contribution in [2.45, 2.75) is 44.7 Å². The van der Waals surface area contributed by atoms with Crippen molar-refractivity contribution >= 4 is 21.6 Å². The van der Waals surface area contributed by atoms with Gasteiger partial charge in [-0.2, -0.15) is 5.10 Å². The summed E-state index contributed by atoms with van der Waals surface area (Å²) in [6, 6.07) is 0. The number of nitrogens with zero attached hydrogens (tertiary/aromatic N) is 3. The molecule has 1 aromatic heterocycles. The average Bonchev–Trinajstić information content (AvgIpc) is 2.91. The molecule has 0 aliphatic heterocycles. The second-order valence-corrected chi connectivity index (χ2v) is 6.47. The molecule has 1 aromatic rings. The second kappa shape index (κ2) is 6.26. The Morgan fingerprint density at radius 1 is 1.45 bits per heavy atom. The maximum absolute atomic E-state index is 12.0. The molecule has 20 heavy (non-hydrogen) atoms. The second-order valence-electron chi connectivity index (χ2n) is 5.67. The van der Waals surface area contributed by atoms with Gasteiger partial charge in [-0.3, -0.25) is 4.79 Å². The molecule has 0 aromatic carbocycles. The summed E-state index contributed by atoms with van der Waals surface area (Å²) < 4.78 is 2.02. The molecular formula is C14H23BrN4O. The van der Waals surface area contributed by atoms with Crippen LogP contribution in [0.5, 0.6) is 0 Å². The molecule has 0 amide bonds. The Morgan fingerprint density at radius 2 is 2.10 bits per heavy atom. The van der Waals surface area contributed by atoms with Crippen LogP contribution in [-0.2, 0) is 6.54 Å². The van der Waals surface area contributed by atoms with Gasteiger partial charge in [0.1, 0.15) is 4.47 Å². The quantitative estimate of drug-likeness (QED) is 0.891. The monoisotopic (exact) mass is 342 g/mol. The van der Waals surface area contributed by atoms with Gasteiger partial charge in [-0.05, 0) is 49.8 Å². The average molecular weight is 343 g/mol. The van der Waals surface area contributed by atoms with Crippen molar-refractivity contribution in [1.29, 1.82) is 0 Å². The van der Waals surface area contributed by atoms with E-state index in [4.69, 9.17) is 0 Å². The minimum absolute atomic E-state index is 0.0807. The highest BCUT2D eigenvalue weighted by Crippen LogP contribution is 2.34. The summed E-state index contributed by atoms with van der Waals surface area (Å²) in [4.78, 5) is 14.3. The lowest BCUT2D eigenvalue weighted by molar-refractivity contribution is 0.172. The first kappa shape index (κ1) is 15.5. The van der Waals surface area contributed by atoms with Crippen molar-refractivity contribution < 1.29 is 0 Å². The largest absolute Gasteiger partial charge is 0.381 e. The molecule has 0 bridgehead atoms. The summed E-state index contributed by atoms with van der Waals surface area (Å²) >= 11 is 3.39. The number of aromatic nitrogens is 2. The van der Waals surface area contributed by atoms with E-state index < -0.39 is 0 Å². The van der Waals surface area contributed by atoms with Crippen molar-refractivity contribution in [1.82, 2.24) is 14.7 Å². The fourth-order valence-corrected chi connectivity index (χ4v) is 3.34. The third-order valence-corrected chi connectivity index (χ3v) is 5.14. The number of hydrogen-bond acceptors (Lipinski definition) is 4. The van der Waals surface area contributed by atoms with Gasteiger partial charge >= 0.3 is 0 Å². The number of halogens is 1. The smallest absolute Gasteiger partial charge is 0.283 e. The lowest BCUT2D eigenvalue weighted by Crippen LogP contribution is -2.47. The van der Waals surface area contributed by atoms with E-state index in [2.05, 4.69) is 45.3 Å². The molecular weight excluding hydrogens is 320 g/mol. The van der Waals surface area contributed by atoms with E-state index in [0.29, 0.717) is 11.0 Å². The molecule has 5 nitrogen and oxygen atoms in total. The van der Waals surface area contributed by atoms with E-state index in [1.54, 1.807) is 6.20 Å². The molecule has 1 fully saturated rings. The molecule has 2 rings (SSSR count). The van der Waals surface area contributed by atoms with Crippen LogP contribution < -0.4 is 10.9 Å². The molecule has 1 heterocycles. The van der Waals surface area contributed by atoms with E-state index >= 15 is 0 Å². The summed E-state index contributed by atoms with van der Waals surface area (Å²) in [6.45, 7) is 3.34. The van der Waals surface area contributed by atoms with Crippen LogP contribution in [0.25, 0.3) is 0 Å². The number of aryl methyl sites for hydroxylation is 1. The Hall–Kier alpha value is -0.880. The number of hydrogen-bond donors (Lipinski definition) is 1. The lowest BCUT2D eigenvalue weighted by atomic mass is 9.96. The highest BCUT2D eigenvalue weighted by Gasteiger charge is 2.35. The van der Waals surface area contributed by atoms with Crippen molar-refractivity contribution in [3.63, 3.8) is 0 Å². The summed E-state index contributed by atoms with van der Waals surface area (Å²) in [5.41, 5.74) is 0.898. The van der Waals surface area contributed by atoms with E-state index in [1.807, 2.05) is 6.92 Å². The minimum atomic E-state index is -0.0807. The molecule has 0 saturated heterocycles. The standard InChI is InChI=1S/C14H23BrN4O/c1-4-19-13(20)12(15)11(9-17-19)16-10-14(18(2)3)7-5-6-8-14/h9,16H,4-8,10H2,1-3H3. The third kappa shape index (κ3) is 2.91. The van der Waals surface area contributed by atoms with Gasteiger partial charge in [0.2, 0.25) is 0 Å². The molecule has 1 aliphatic rings. The van der Waals surface area contributed by atoms with E-state index in [0.717, 1.165) is 12.2 Å². The van der Waals surface area contributed by atoms with Crippen molar-refractivity contribution in [3.8, 4) is 0 Å². The van der Waals surface area contributed by atoms with Crippen LogP contribution in [0.1, 0.15) is 32.6 Å². The van der Waals surface area contributed by atoms with Gasteiger partial charge in [0.15, 0.2) is 0 Å². The Morgan fingerprint density at radius 3 is 2.65 bits per heavy atom. The highest BCUT2D eigenvalue weighted by molar-refractivity contribution is 9.10. The van der Waals surface area contributed by atoms with Gasteiger partial charge in [0.05, 0.1) is 11.9 Å². The molecule has 1 aliphatic carbocycles. The molecule has 112 valence electrons. The Kier molecular flexibility index (Phi) is 4.86. The van der Waals surface area contributed by atoms with Crippen LogP contribution in [0.15, 0.2) is 15.5 Å². The van der Waals surface area contributed by atoms with Gasteiger partial charge in [0, 0.05) is 18.6 Å². The Bertz CT molecular complexity index is 520. The van der Waals surface area contributed by atoms with Gasteiger partial charge in [0.25, 0.3) is 5.56 Å². The maximum atomic E-state index is 12.0. The molecule has 1 N–H and O–H groups in total. The molecule has 0 spiro atoms. The third-order valence-electron chi connectivity index (χ3n) is 4.38. The minimum Gasteiger partial charge on any atom is -0.381 e. The predicted octanol–water partition coefficient (Wildman–Crippen LogP) is 2.31. The molecule has 1 saturated carbocycles. The van der Waals surface area contributed by atoms with Crippen LogP contribution in [0.2, 0.25) is 0 Å². The highest BCUT2D eigenvalue weighted by atomic mass is 79.9. The number of nitrogens with one attached hydrogen (secondary N) is 1. The van der Waals surface area contributed by atoms with Crippen LogP contribution in [0.3, 0.4) is 0 Å². The zero-order chi connectivity index (χ0) is 14.8. The van der Waals surface area contributed by atoms with Crippen molar-refractivity contribution in [2.75, 3.05) is 26.0 Å². The zero-order valence-corrected chi connectivity index (χ0v) is 14.0. The summed E-state index contributed by atoms with van der Waals surface area (Å²) in [6.07, 6.45) is 6.68. The van der Waals surface area contributed by atoms with Crippen molar-refractivity contribution in [2.24, 2.45) is 0 Å². The number of anilines is 1. The molecule has 0 atom stereocenters. The van der Waals surface area contributed by atoms with Crippen LogP contribution >= 0.6 is 15.9 Å². The Balaban J connectivity index is 2.15. The maximum Gasteiger partial charge on any atom is 0.283 e. The van der Waals surface area contributed by atoms with Crippen molar-refractivity contribution in [3.05, 3.63) is 21.0 Å². The van der Waals surface area contributed by atoms with Crippen LogP contribution in [0, 0.1) is 0 Å². The normalized spacial score (nSPS) is 17.6. The first-order valence-corrected chi connectivity index (χ1v) is 7.96. The fraction of sp³-hybridized carbons (Fsp3) is 0.714. The zero-order valence-electron chi connectivity index (χ0n) is 12.4. The molecule has 0 unspecified atom stereocenters. The van der Waals surface area contributed by atoms with Gasteiger partial charge < -0.3 is 10.2 Å². The van der Waals surface area contributed by atoms with E-state index in [9.17, 15) is 4.79 Å². The fourth-order valence-electron chi connectivity index (χ4n) is 2.89. The topological polar surface area (TPSA) is 50.2 Å². The summed E-state index contributed by atoms with van der Waals surface area (Å²) in [5.74, 6) is 0. The lowest BCUT2D eigenvalue weighted by Gasteiger charge is -2.36. The van der Waals surface area contributed by atoms with E-state index in [1.165, 1.54) is 30.4 Å². The molecule has 6 heteroatoms. The number of likely N-dealkylation sites (N-methyl/N-ethyl adjacent to an activating group) is 1. The van der Waals surface area contributed by atoms with Gasteiger partial charge in [-0.25, -0.2) is 4.68 Å². The summed E-state index contributed by atoms with van der Waals surface area (Å²) in [7, 11) is 4.27. The van der Waals surface area contributed by atoms with E-state index in [-0.39, 0.29) is 11.1 Å². The summed E-state index contributed by atoms with van der Waals surface area (Å²) in [5, 5.41) is 7.57. The van der Waals surface area contributed by atoms with Crippen LogP contribution in [-0.4, -0.2) is 40.9 Å².